The fraction of sp³-hybridized carbons (Fsp3) is 0.471. The average molecular weight is 331 g/mol. The Labute approximate surface area is 140 Å². The molecule has 1 unspecified atom stereocenters. The smallest absolute Gasteiger partial charge is 0.310 e. The number of aryl methyl sites for hydroxylation is 1. The predicted molar refractivity (Wildman–Crippen MR) is 86.2 cm³/mol. The molecule has 0 spiro atoms. The molecule has 0 bridgehead atoms. The molecule has 1 aliphatic heterocycles. The zero-order chi connectivity index (χ0) is 17.1. The number of carbonyl (C=O) groups is 2. The fourth-order valence-corrected chi connectivity index (χ4v) is 2.99. The van der Waals surface area contributed by atoms with E-state index in [9.17, 15) is 9.59 Å². The van der Waals surface area contributed by atoms with Gasteiger partial charge in [-0.15, -0.1) is 0 Å². The van der Waals surface area contributed by atoms with Crippen LogP contribution in [0.5, 0.6) is 0 Å². The molecule has 1 amide bonds. The second-order valence-electron chi connectivity index (χ2n) is 5.86. The molecular weight excluding hydrogens is 310 g/mol. The molecule has 1 atom stereocenters. The standard InChI is InChI=1S/C17H21N3O4/c1-3-23-17(22)12-6-4-8-20(11-12)16(21)14-10-13(18-19(14)2)15-7-5-9-24-15/h5,7,9-10,12H,3-4,6,8,11H2,1-2H3. The van der Waals surface area contributed by atoms with E-state index < -0.39 is 0 Å². The van der Waals surface area contributed by atoms with E-state index in [-0.39, 0.29) is 17.8 Å². The first-order valence-corrected chi connectivity index (χ1v) is 8.14. The van der Waals surface area contributed by atoms with Gasteiger partial charge in [0.25, 0.3) is 5.91 Å². The van der Waals surface area contributed by atoms with Crippen LogP contribution in [0.1, 0.15) is 30.3 Å². The summed E-state index contributed by atoms with van der Waals surface area (Å²) < 4.78 is 12.0. The number of furan rings is 1. The van der Waals surface area contributed by atoms with Gasteiger partial charge in [0.05, 0.1) is 18.8 Å². The SMILES string of the molecule is CCOC(=O)C1CCCN(C(=O)c2cc(-c3ccco3)nn2C)C1. The molecule has 1 aliphatic rings. The van der Waals surface area contributed by atoms with Crippen LogP contribution in [-0.4, -0.2) is 46.3 Å². The van der Waals surface area contributed by atoms with Gasteiger partial charge >= 0.3 is 5.97 Å². The van der Waals surface area contributed by atoms with Gasteiger partial charge in [-0.1, -0.05) is 0 Å². The summed E-state index contributed by atoms with van der Waals surface area (Å²) in [5.41, 5.74) is 1.09. The predicted octanol–water partition coefficient (Wildman–Crippen LogP) is 2.10. The van der Waals surface area contributed by atoms with Gasteiger partial charge < -0.3 is 14.1 Å². The minimum Gasteiger partial charge on any atom is -0.466 e. The molecule has 2 aromatic rings. The van der Waals surface area contributed by atoms with Gasteiger partial charge in [0.2, 0.25) is 0 Å². The second-order valence-corrected chi connectivity index (χ2v) is 5.86. The number of ether oxygens (including phenoxy) is 1. The maximum Gasteiger partial charge on any atom is 0.310 e. The molecule has 0 aliphatic carbocycles. The van der Waals surface area contributed by atoms with Crippen molar-refractivity contribution >= 4 is 11.9 Å². The maximum atomic E-state index is 12.8. The number of carbonyl (C=O) groups excluding carboxylic acids is 2. The number of likely N-dealkylation sites (tertiary alicyclic amines) is 1. The summed E-state index contributed by atoms with van der Waals surface area (Å²) in [6.07, 6.45) is 3.11. The number of nitrogens with zero attached hydrogens (tertiary/aromatic N) is 3. The molecule has 24 heavy (non-hydrogen) atoms. The lowest BCUT2D eigenvalue weighted by Gasteiger charge is -2.31. The quantitative estimate of drug-likeness (QED) is 0.802. The summed E-state index contributed by atoms with van der Waals surface area (Å²) in [5, 5.41) is 4.34. The van der Waals surface area contributed by atoms with E-state index in [0.717, 1.165) is 12.8 Å². The van der Waals surface area contributed by atoms with Crippen molar-refractivity contribution in [3.8, 4) is 11.5 Å². The molecule has 0 radical (unpaired) electrons. The minimum absolute atomic E-state index is 0.128. The Balaban J connectivity index is 1.75. The van der Waals surface area contributed by atoms with Crippen LogP contribution in [0.3, 0.4) is 0 Å². The largest absolute Gasteiger partial charge is 0.466 e. The normalized spacial score (nSPS) is 17.8. The summed E-state index contributed by atoms with van der Waals surface area (Å²) in [7, 11) is 1.73. The first kappa shape index (κ1) is 16.3. The molecule has 3 heterocycles. The summed E-state index contributed by atoms with van der Waals surface area (Å²) >= 11 is 0. The number of piperidine rings is 1. The topological polar surface area (TPSA) is 77.6 Å². The lowest BCUT2D eigenvalue weighted by Crippen LogP contribution is -2.43. The number of hydrogen-bond donors (Lipinski definition) is 0. The highest BCUT2D eigenvalue weighted by molar-refractivity contribution is 5.94. The van der Waals surface area contributed by atoms with Crippen molar-refractivity contribution < 1.29 is 18.7 Å². The molecule has 0 aromatic carbocycles. The molecule has 2 aromatic heterocycles. The van der Waals surface area contributed by atoms with Crippen molar-refractivity contribution in [2.75, 3.05) is 19.7 Å². The van der Waals surface area contributed by atoms with Gasteiger partial charge in [-0.2, -0.15) is 5.10 Å². The fourth-order valence-electron chi connectivity index (χ4n) is 2.99. The third-order valence-corrected chi connectivity index (χ3v) is 4.20. The van der Waals surface area contributed by atoms with E-state index >= 15 is 0 Å². The van der Waals surface area contributed by atoms with Crippen molar-refractivity contribution in [1.82, 2.24) is 14.7 Å². The van der Waals surface area contributed by atoms with E-state index in [0.29, 0.717) is 36.8 Å². The van der Waals surface area contributed by atoms with Gasteiger partial charge in [-0.3, -0.25) is 14.3 Å². The van der Waals surface area contributed by atoms with Crippen molar-refractivity contribution in [2.45, 2.75) is 19.8 Å². The number of hydrogen-bond acceptors (Lipinski definition) is 5. The molecule has 1 saturated heterocycles. The molecule has 0 saturated carbocycles. The molecular formula is C17H21N3O4. The highest BCUT2D eigenvalue weighted by atomic mass is 16.5. The molecule has 128 valence electrons. The van der Waals surface area contributed by atoms with E-state index in [4.69, 9.17) is 9.15 Å². The van der Waals surface area contributed by atoms with Crippen LogP contribution >= 0.6 is 0 Å². The van der Waals surface area contributed by atoms with Crippen molar-refractivity contribution in [3.63, 3.8) is 0 Å². The van der Waals surface area contributed by atoms with Crippen LogP contribution in [0, 0.1) is 5.92 Å². The van der Waals surface area contributed by atoms with Gasteiger partial charge in [-0.05, 0) is 31.9 Å². The second kappa shape index (κ2) is 6.90. The number of aromatic nitrogens is 2. The first-order valence-electron chi connectivity index (χ1n) is 8.14. The Morgan fingerprint density at radius 2 is 2.29 bits per heavy atom. The minimum atomic E-state index is -0.250. The van der Waals surface area contributed by atoms with Gasteiger partial charge in [-0.25, -0.2) is 0 Å². The van der Waals surface area contributed by atoms with Crippen LogP contribution in [0.2, 0.25) is 0 Å². The van der Waals surface area contributed by atoms with E-state index in [1.165, 1.54) is 0 Å². The molecule has 0 N–H and O–H groups in total. The summed E-state index contributed by atoms with van der Waals surface area (Å²) in [4.78, 5) is 26.5. The van der Waals surface area contributed by atoms with Gasteiger partial charge in [0, 0.05) is 26.2 Å². The van der Waals surface area contributed by atoms with Gasteiger partial charge in [0.1, 0.15) is 11.4 Å². The summed E-state index contributed by atoms with van der Waals surface area (Å²) in [6.45, 7) is 3.17. The lowest BCUT2D eigenvalue weighted by molar-refractivity contribution is -0.149. The van der Waals surface area contributed by atoms with Crippen molar-refractivity contribution in [2.24, 2.45) is 13.0 Å². The monoisotopic (exact) mass is 331 g/mol. The molecule has 3 rings (SSSR count). The van der Waals surface area contributed by atoms with E-state index in [1.54, 1.807) is 48.0 Å². The highest BCUT2D eigenvalue weighted by Gasteiger charge is 2.31. The van der Waals surface area contributed by atoms with Crippen LogP contribution in [-0.2, 0) is 16.6 Å². The zero-order valence-corrected chi connectivity index (χ0v) is 13.9. The summed E-state index contributed by atoms with van der Waals surface area (Å²) in [6, 6.07) is 5.30. The Hall–Kier alpha value is -2.57. The van der Waals surface area contributed by atoms with Crippen molar-refractivity contribution in [1.29, 1.82) is 0 Å². The Kier molecular flexibility index (Phi) is 4.69. The maximum absolute atomic E-state index is 12.8. The Morgan fingerprint density at radius 3 is 3.00 bits per heavy atom. The van der Waals surface area contributed by atoms with Crippen LogP contribution in [0.25, 0.3) is 11.5 Å². The molecule has 7 nitrogen and oxygen atoms in total. The average Bonchev–Trinajstić information content (AvgIpc) is 3.24. The van der Waals surface area contributed by atoms with E-state index in [1.807, 2.05) is 0 Å². The third-order valence-electron chi connectivity index (χ3n) is 4.20. The molecule has 7 heteroatoms. The third kappa shape index (κ3) is 3.20. The number of esters is 1. The van der Waals surface area contributed by atoms with Crippen LogP contribution < -0.4 is 0 Å². The van der Waals surface area contributed by atoms with Crippen LogP contribution in [0.4, 0.5) is 0 Å². The Morgan fingerprint density at radius 1 is 1.46 bits per heavy atom. The highest BCUT2D eigenvalue weighted by Crippen LogP contribution is 2.23. The first-order chi connectivity index (χ1) is 11.6. The Bertz CT molecular complexity index is 720. The van der Waals surface area contributed by atoms with Crippen LogP contribution in [0.15, 0.2) is 28.9 Å². The number of rotatable bonds is 4. The lowest BCUT2D eigenvalue weighted by atomic mass is 9.98. The van der Waals surface area contributed by atoms with E-state index in [2.05, 4.69) is 5.10 Å². The summed E-state index contributed by atoms with van der Waals surface area (Å²) in [5.74, 6) is 0.0150. The molecule has 1 fully saturated rings. The van der Waals surface area contributed by atoms with Crippen molar-refractivity contribution in [3.05, 3.63) is 30.2 Å². The van der Waals surface area contributed by atoms with Gasteiger partial charge in [0.15, 0.2) is 5.76 Å². The number of amides is 1. The zero-order valence-electron chi connectivity index (χ0n) is 13.9.